The highest BCUT2D eigenvalue weighted by atomic mass is 16.6. The summed E-state index contributed by atoms with van der Waals surface area (Å²) in [6, 6.07) is 5.13. The third-order valence-electron chi connectivity index (χ3n) is 3.94. The highest BCUT2D eigenvalue weighted by Gasteiger charge is 2.32. The molecule has 2 aromatic carbocycles. The number of phenols is 5. The summed E-state index contributed by atoms with van der Waals surface area (Å²) in [6.45, 7) is -0.875. The molecule has 2 rings (SSSR count). The molecule has 0 aromatic heterocycles. The fraction of sp³-hybridized carbons (Fsp3) is 0.150. The average molecular weight is 450 g/mol. The van der Waals surface area contributed by atoms with Gasteiger partial charge in [0.15, 0.2) is 28.7 Å². The predicted molar refractivity (Wildman–Crippen MR) is 104 cm³/mol. The Labute approximate surface area is 179 Å². The summed E-state index contributed by atoms with van der Waals surface area (Å²) in [6.07, 6.45) is -2.04. The molecule has 0 radical (unpaired) electrons. The Morgan fingerprint density at radius 2 is 1.53 bits per heavy atom. The number of aliphatic hydroxyl groups excluding tert-OH is 1. The van der Waals surface area contributed by atoms with E-state index in [4.69, 9.17) is 4.74 Å². The third kappa shape index (κ3) is 6.03. The molecule has 0 amide bonds. The summed E-state index contributed by atoms with van der Waals surface area (Å²) in [5.74, 6) is -7.56. The number of rotatable bonds is 8. The van der Waals surface area contributed by atoms with Crippen molar-refractivity contribution in [1.29, 1.82) is 0 Å². The molecule has 0 aliphatic carbocycles. The number of aliphatic hydroxyl groups is 1. The largest absolute Gasteiger partial charge is 0.504 e. The molecule has 0 saturated heterocycles. The van der Waals surface area contributed by atoms with Gasteiger partial charge in [-0.05, 0) is 35.9 Å². The molecule has 0 spiro atoms. The van der Waals surface area contributed by atoms with E-state index in [1.54, 1.807) is 0 Å². The van der Waals surface area contributed by atoms with E-state index in [9.17, 15) is 50.1 Å². The number of phenolic OH excluding ortho intramolecular Hbond substituents is 5. The minimum atomic E-state index is -2.17. The standard InChI is InChI=1S/C20H18O12/c21-11-3-1-9(5-12(11)22)2-4-16(26)31-8-15(25)18(19(28)29)32-20(30)10-6-13(23)17(27)14(24)7-10/h1-7,15,18,21-25,27H,8H2,(H,28,29)/t15-,18-/m1/s1. The van der Waals surface area contributed by atoms with Crippen LogP contribution in [0.4, 0.5) is 0 Å². The smallest absolute Gasteiger partial charge is 0.347 e. The molecule has 0 saturated carbocycles. The number of carbonyl (C=O) groups excluding carboxylic acids is 2. The molecule has 0 bridgehead atoms. The number of carbonyl (C=O) groups is 3. The van der Waals surface area contributed by atoms with Crippen molar-refractivity contribution in [1.82, 2.24) is 0 Å². The Morgan fingerprint density at radius 1 is 0.906 bits per heavy atom. The van der Waals surface area contributed by atoms with Crippen molar-refractivity contribution in [3.8, 4) is 28.7 Å². The monoisotopic (exact) mass is 450 g/mol. The molecule has 32 heavy (non-hydrogen) atoms. The van der Waals surface area contributed by atoms with Gasteiger partial charge in [0.25, 0.3) is 0 Å². The van der Waals surface area contributed by atoms with E-state index in [0.29, 0.717) is 17.7 Å². The molecular formula is C20H18O12. The van der Waals surface area contributed by atoms with Crippen molar-refractivity contribution >= 4 is 24.0 Å². The molecule has 12 heteroatoms. The van der Waals surface area contributed by atoms with Crippen molar-refractivity contribution < 1.29 is 59.6 Å². The fourth-order valence-electron chi connectivity index (χ4n) is 2.31. The van der Waals surface area contributed by atoms with Crippen LogP contribution < -0.4 is 0 Å². The van der Waals surface area contributed by atoms with Crippen LogP contribution in [0, 0.1) is 0 Å². The van der Waals surface area contributed by atoms with Crippen molar-refractivity contribution in [2.24, 2.45) is 0 Å². The minimum absolute atomic E-state index is 0.329. The maximum Gasteiger partial charge on any atom is 0.347 e. The van der Waals surface area contributed by atoms with Crippen LogP contribution in [-0.4, -0.2) is 72.5 Å². The summed E-state index contributed by atoms with van der Waals surface area (Å²) >= 11 is 0. The topological polar surface area (TPSA) is 211 Å². The van der Waals surface area contributed by atoms with Crippen LogP contribution in [0.3, 0.4) is 0 Å². The van der Waals surface area contributed by atoms with Crippen LogP contribution in [0.15, 0.2) is 36.4 Å². The van der Waals surface area contributed by atoms with Crippen molar-refractivity contribution in [3.63, 3.8) is 0 Å². The second-order valence-electron chi connectivity index (χ2n) is 6.31. The summed E-state index contributed by atoms with van der Waals surface area (Å²) in [5, 5.41) is 65.9. The Balaban J connectivity index is 1.99. The van der Waals surface area contributed by atoms with Gasteiger partial charge in [-0.15, -0.1) is 0 Å². The third-order valence-corrected chi connectivity index (χ3v) is 3.94. The molecule has 170 valence electrons. The van der Waals surface area contributed by atoms with E-state index < -0.39 is 65.3 Å². The van der Waals surface area contributed by atoms with Crippen molar-refractivity contribution in [2.45, 2.75) is 12.2 Å². The van der Waals surface area contributed by atoms with Gasteiger partial charge in [0.1, 0.15) is 12.7 Å². The van der Waals surface area contributed by atoms with Crippen LogP contribution in [0.1, 0.15) is 15.9 Å². The first kappa shape index (κ1) is 23.8. The lowest BCUT2D eigenvalue weighted by Gasteiger charge is -2.19. The lowest BCUT2D eigenvalue weighted by Crippen LogP contribution is -2.41. The maximum atomic E-state index is 12.1. The van der Waals surface area contributed by atoms with Crippen LogP contribution in [-0.2, 0) is 19.1 Å². The first-order valence-corrected chi connectivity index (χ1v) is 8.73. The van der Waals surface area contributed by atoms with Crippen LogP contribution >= 0.6 is 0 Å². The summed E-state index contributed by atoms with van der Waals surface area (Å²) in [7, 11) is 0. The fourth-order valence-corrected chi connectivity index (χ4v) is 2.31. The van der Waals surface area contributed by atoms with Gasteiger partial charge in [0.2, 0.25) is 6.10 Å². The number of aliphatic carboxylic acids is 1. The van der Waals surface area contributed by atoms with Gasteiger partial charge < -0.3 is 45.2 Å². The molecule has 7 N–H and O–H groups in total. The van der Waals surface area contributed by atoms with E-state index in [2.05, 4.69) is 4.74 Å². The van der Waals surface area contributed by atoms with E-state index in [1.165, 1.54) is 18.2 Å². The zero-order chi connectivity index (χ0) is 24.0. The lowest BCUT2D eigenvalue weighted by molar-refractivity contribution is -0.159. The Hall–Kier alpha value is -4.45. The Morgan fingerprint density at radius 3 is 2.09 bits per heavy atom. The van der Waals surface area contributed by atoms with Gasteiger partial charge in [0, 0.05) is 6.08 Å². The van der Waals surface area contributed by atoms with E-state index in [0.717, 1.165) is 12.1 Å². The number of aromatic hydroxyl groups is 5. The summed E-state index contributed by atoms with van der Waals surface area (Å²) < 4.78 is 9.34. The summed E-state index contributed by atoms with van der Waals surface area (Å²) in [4.78, 5) is 35.2. The zero-order valence-corrected chi connectivity index (χ0v) is 16.1. The Bertz CT molecular complexity index is 1040. The lowest BCUT2D eigenvalue weighted by atomic mass is 10.1. The van der Waals surface area contributed by atoms with Gasteiger partial charge in [-0.2, -0.15) is 0 Å². The molecule has 2 atom stereocenters. The van der Waals surface area contributed by atoms with Crippen LogP contribution in [0.2, 0.25) is 0 Å². The number of benzene rings is 2. The molecule has 0 fully saturated rings. The first-order chi connectivity index (χ1) is 15.0. The summed E-state index contributed by atoms with van der Waals surface area (Å²) in [5.41, 5.74) is -0.191. The number of hydrogen-bond donors (Lipinski definition) is 7. The van der Waals surface area contributed by atoms with Crippen LogP contribution in [0.25, 0.3) is 6.08 Å². The number of esters is 2. The van der Waals surface area contributed by atoms with Gasteiger partial charge in [0.05, 0.1) is 5.56 Å². The van der Waals surface area contributed by atoms with E-state index in [-0.39, 0.29) is 5.75 Å². The second kappa shape index (κ2) is 10.0. The maximum absolute atomic E-state index is 12.1. The molecular weight excluding hydrogens is 432 g/mol. The quantitative estimate of drug-likeness (QED) is 0.166. The Kier molecular flexibility index (Phi) is 7.47. The number of ether oxygens (including phenoxy) is 2. The van der Waals surface area contributed by atoms with Gasteiger partial charge in [-0.3, -0.25) is 0 Å². The average Bonchev–Trinajstić information content (AvgIpc) is 2.74. The second-order valence-corrected chi connectivity index (χ2v) is 6.31. The minimum Gasteiger partial charge on any atom is -0.504 e. The van der Waals surface area contributed by atoms with Crippen molar-refractivity contribution in [2.75, 3.05) is 6.61 Å². The van der Waals surface area contributed by atoms with Crippen molar-refractivity contribution in [3.05, 3.63) is 47.5 Å². The number of carboxylic acids is 1. The normalized spacial score (nSPS) is 12.8. The van der Waals surface area contributed by atoms with Crippen LogP contribution in [0.5, 0.6) is 28.7 Å². The number of carboxylic acid groups (broad SMARTS) is 1. The first-order valence-electron chi connectivity index (χ1n) is 8.73. The molecule has 0 aliphatic heterocycles. The predicted octanol–water partition coefficient (Wildman–Crippen LogP) is 0.442. The zero-order valence-electron chi connectivity index (χ0n) is 16.1. The van der Waals surface area contributed by atoms with Gasteiger partial charge in [-0.25, -0.2) is 14.4 Å². The SMILES string of the molecule is O=C(C=Cc1ccc(O)c(O)c1)OC[C@@H](O)[C@@H](OC(=O)c1cc(O)c(O)c(O)c1)C(=O)O. The number of hydrogen-bond acceptors (Lipinski definition) is 11. The van der Waals surface area contributed by atoms with Gasteiger partial charge >= 0.3 is 17.9 Å². The molecule has 2 aromatic rings. The molecule has 0 aliphatic rings. The highest BCUT2D eigenvalue weighted by molar-refractivity contribution is 5.93. The molecule has 0 unspecified atom stereocenters. The highest BCUT2D eigenvalue weighted by Crippen LogP contribution is 2.35. The van der Waals surface area contributed by atoms with E-state index >= 15 is 0 Å². The molecule has 0 heterocycles. The van der Waals surface area contributed by atoms with E-state index in [1.807, 2.05) is 0 Å². The van der Waals surface area contributed by atoms with Gasteiger partial charge in [-0.1, -0.05) is 6.07 Å². The molecule has 12 nitrogen and oxygen atoms in total.